The van der Waals surface area contributed by atoms with Gasteiger partial charge < -0.3 is 24.8 Å². The Hall–Kier alpha value is -0.200. The fourth-order valence-corrected chi connectivity index (χ4v) is 2.57. The Kier molecular flexibility index (Phi) is 8.64. The number of rotatable bonds is 10. The van der Waals surface area contributed by atoms with Crippen LogP contribution in [0.25, 0.3) is 0 Å². The molecule has 120 valence electrons. The molecule has 1 rings (SSSR count). The lowest BCUT2D eigenvalue weighted by atomic mass is 10.1. The average molecular weight is 290 g/mol. The van der Waals surface area contributed by atoms with Gasteiger partial charge in [-0.1, -0.05) is 46.0 Å². The molecule has 1 heterocycles. The Balaban J connectivity index is 2.40. The summed E-state index contributed by atoms with van der Waals surface area (Å²) in [4.78, 5) is 0. The predicted octanol–water partition coefficient (Wildman–Crippen LogP) is 1.58. The van der Waals surface area contributed by atoms with Crippen LogP contribution < -0.4 is 0 Å². The Morgan fingerprint density at radius 3 is 2.30 bits per heavy atom. The highest BCUT2D eigenvalue weighted by atomic mass is 16.7. The fraction of sp³-hybridized carbons (Fsp3) is 1.00. The predicted molar refractivity (Wildman–Crippen MR) is 76.3 cm³/mol. The third-order valence-corrected chi connectivity index (χ3v) is 3.82. The molecule has 0 spiro atoms. The number of hydrogen-bond donors (Lipinski definition) is 3. The number of unbranched alkanes of at least 4 members (excludes halogenated alkanes) is 3. The second-order valence-corrected chi connectivity index (χ2v) is 5.60. The molecular weight excluding hydrogens is 260 g/mol. The molecule has 3 N–H and O–H groups in total. The van der Waals surface area contributed by atoms with Crippen molar-refractivity contribution in [3.8, 4) is 0 Å². The van der Waals surface area contributed by atoms with Crippen molar-refractivity contribution in [2.75, 3.05) is 6.61 Å². The van der Waals surface area contributed by atoms with Crippen LogP contribution in [0.5, 0.6) is 0 Å². The zero-order valence-electron chi connectivity index (χ0n) is 12.7. The smallest absolute Gasteiger partial charge is 0.186 e. The highest BCUT2D eigenvalue weighted by molar-refractivity contribution is 4.86. The van der Waals surface area contributed by atoms with Gasteiger partial charge in [-0.25, -0.2) is 0 Å². The van der Waals surface area contributed by atoms with E-state index in [1.165, 1.54) is 19.3 Å². The van der Waals surface area contributed by atoms with Crippen molar-refractivity contribution in [2.24, 2.45) is 0 Å². The first-order valence-electron chi connectivity index (χ1n) is 7.91. The van der Waals surface area contributed by atoms with Crippen molar-refractivity contribution in [1.82, 2.24) is 0 Å². The molecule has 20 heavy (non-hydrogen) atoms. The van der Waals surface area contributed by atoms with E-state index >= 15 is 0 Å². The average Bonchev–Trinajstić information content (AvgIpc) is 2.71. The minimum atomic E-state index is -1.08. The molecule has 5 heteroatoms. The molecule has 0 aliphatic carbocycles. The van der Waals surface area contributed by atoms with Crippen LogP contribution in [0.3, 0.4) is 0 Å². The summed E-state index contributed by atoms with van der Waals surface area (Å²) in [6.07, 6.45) is 3.90. The van der Waals surface area contributed by atoms with Crippen molar-refractivity contribution >= 4 is 0 Å². The summed E-state index contributed by atoms with van der Waals surface area (Å²) in [5, 5.41) is 28.6. The van der Waals surface area contributed by atoms with E-state index in [9.17, 15) is 10.2 Å². The van der Waals surface area contributed by atoms with Gasteiger partial charge >= 0.3 is 0 Å². The minimum Gasteiger partial charge on any atom is -0.394 e. The molecule has 0 amide bonds. The SMILES string of the molecule is CCCCCCC(CCC)OC1O[C@H](CO)[C@H](O)[C@H]1O. The Bertz CT molecular complexity index is 248. The van der Waals surface area contributed by atoms with Crippen LogP contribution in [-0.4, -0.2) is 52.6 Å². The standard InChI is InChI=1S/C15H30O5/c1-3-5-6-7-9-11(8-4-2)19-15-14(18)13(17)12(10-16)20-15/h11-18H,3-10H2,1-2H3/t11?,12-,13+,14-,15?/m1/s1. The third kappa shape index (κ3) is 5.30. The monoisotopic (exact) mass is 290 g/mol. The fourth-order valence-electron chi connectivity index (χ4n) is 2.57. The van der Waals surface area contributed by atoms with Crippen LogP contribution in [0.2, 0.25) is 0 Å². The van der Waals surface area contributed by atoms with Gasteiger partial charge in [0.05, 0.1) is 12.7 Å². The summed E-state index contributed by atoms with van der Waals surface area (Å²) >= 11 is 0. The first-order chi connectivity index (χ1) is 9.63. The van der Waals surface area contributed by atoms with Crippen LogP contribution in [0.1, 0.15) is 58.8 Å². The summed E-state index contributed by atoms with van der Waals surface area (Å²) in [5.74, 6) is 0. The van der Waals surface area contributed by atoms with E-state index in [1.54, 1.807) is 0 Å². The summed E-state index contributed by atoms with van der Waals surface area (Å²) in [6, 6.07) is 0. The lowest BCUT2D eigenvalue weighted by Crippen LogP contribution is -2.36. The summed E-state index contributed by atoms with van der Waals surface area (Å²) in [6.45, 7) is 3.96. The minimum absolute atomic E-state index is 0.0427. The second-order valence-electron chi connectivity index (χ2n) is 5.60. The lowest BCUT2D eigenvalue weighted by Gasteiger charge is -2.23. The highest BCUT2D eigenvalue weighted by Gasteiger charge is 2.43. The molecule has 2 unspecified atom stereocenters. The zero-order chi connectivity index (χ0) is 15.0. The largest absolute Gasteiger partial charge is 0.394 e. The second kappa shape index (κ2) is 9.68. The van der Waals surface area contributed by atoms with Gasteiger partial charge in [-0.3, -0.25) is 0 Å². The van der Waals surface area contributed by atoms with E-state index in [1.807, 2.05) is 0 Å². The van der Waals surface area contributed by atoms with Crippen LogP contribution in [0.15, 0.2) is 0 Å². The van der Waals surface area contributed by atoms with Crippen LogP contribution in [-0.2, 0) is 9.47 Å². The Morgan fingerprint density at radius 2 is 1.75 bits per heavy atom. The third-order valence-electron chi connectivity index (χ3n) is 3.82. The van der Waals surface area contributed by atoms with Gasteiger partial charge in [0, 0.05) is 0 Å². The van der Waals surface area contributed by atoms with Gasteiger partial charge in [-0.15, -0.1) is 0 Å². The topological polar surface area (TPSA) is 79.2 Å². The highest BCUT2D eigenvalue weighted by Crippen LogP contribution is 2.25. The van der Waals surface area contributed by atoms with Crippen molar-refractivity contribution < 1.29 is 24.8 Å². The Morgan fingerprint density at radius 1 is 1.00 bits per heavy atom. The summed E-state index contributed by atoms with van der Waals surface area (Å²) in [5.41, 5.74) is 0. The molecule has 0 aromatic rings. The van der Waals surface area contributed by atoms with Crippen molar-refractivity contribution in [3.05, 3.63) is 0 Å². The van der Waals surface area contributed by atoms with Crippen LogP contribution >= 0.6 is 0 Å². The van der Waals surface area contributed by atoms with Crippen molar-refractivity contribution in [2.45, 2.75) is 89.5 Å². The van der Waals surface area contributed by atoms with E-state index in [0.717, 1.165) is 25.7 Å². The van der Waals surface area contributed by atoms with Crippen LogP contribution in [0, 0.1) is 0 Å². The van der Waals surface area contributed by atoms with Gasteiger partial charge in [0.25, 0.3) is 0 Å². The summed E-state index contributed by atoms with van der Waals surface area (Å²) in [7, 11) is 0. The Labute approximate surface area is 121 Å². The number of ether oxygens (including phenoxy) is 2. The van der Waals surface area contributed by atoms with Crippen molar-refractivity contribution in [1.29, 1.82) is 0 Å². The number of aliphatic hydroxyl groups excluding tert-OH is 3. The maximum absolute atomic E-state index is 9.87. The molecule has 5 atom stereocenters. The van der Waals surface area contributed by atoms with E-state index in [2.05, 4.69) is 13.8 Å². The van der Waals surface area contributed by atoms with Crippen molar-refractivity contribution in [3.63, 3.8) is 0 Å². The van der Waals surface area contributed by atoms with Crippen LogP contribution in [0.4, 0.5) is 0 Å². The van der Waals surface area contributed by atoms with Gasteiger partial charge in [0.2, 0.25) is 0 Å². The van der Waals surface area contributed by atoms with Gasteiger partial charge in [0.1, 0.15) is 18.3 Å². The molecule has 1 fully saturated rings. The molecule has 0 aromatic heterocycles. The molecule has 1 saturated heterocycles. The molecule has 1 aliphatic rings. The van der Waals surface area contributed by atoms with Gasteiger partial charge in [-0.2, -0.15) is 0 Å². The summed E-state index contributed by atoms with van der Waals surface area (Å²) < 4.78 is 11.2. The lowest BCUT2D eigenvalue weighted by molar-refractivity contribution is -0.196. The van der Waals surface area contributed by atoms with Gasteiger partial charge in [-0.05, 0) is 12.8 Å². The molecule has 0 aromatic carbocycles. The maximum atomic E-state index is 9.87. The normalized spacial score (nSPS) is 31.6. The first-order valence-corrected chi connectivity index (χ1v) is 7.91. The molecule has 1 aliphatic heterocycles. The van der Waals surface area contributed by atoms with E-state index in [4.69, 9.17) is 14.6 Å². The zero-order valence-corrected chi connectivity index (χ0v) is 12.7. The molecule has 0 radical (unpaired) electrons. The first kappa shape index (κ1) is 17.9. The number of hydrogen-bond acceptors (Lipinski definition) is 5. The maximum Gasteiger partial charge on any atom is 0.186 e. The van der Waals surface area contributed by atoms with E-state index in [0.29, 0.717) is 0 Å². The van der Waals surface area contributed by atoms with E-state index in [-0.39, 0.29) is 12.7 Å². The molecular formula is C15H30O5. The van der Waals surface area contributed by atoms with Gasteiger partial charge in [0.15, 0.2) is 6.29 Å². The van der Waals surface area contributed by atoms with E-state index < -0.39 is 24.6 Å². The molecule has 0 bridgehead atoms. The number of aliphatic hydroxyl groups is 3. The quantitative estimate of drug-likeness (QED) is 0.532. The molecule has 0 saturated carbocycles. The molecule has 5 nitrogen and oxygen atoms in total.